The van der Waals surface area contributed by atoms with Crippen molar-refractivity contribution in [2.45, 2.75) is 46.6 Å². The summed E-state index contributed by atoms with van der Waals surface area (Å²) in [4.78, 5) is 25.3. The first kappa shape index (κ1) is 26.8. The van der Waals surface area contributed by atoms with Gasteiger partial charge in [0.1, 0.15) is 0 Å². The Morgan fingerprint density at radius 3 is 2.42 bits per heavy atom. The van der Waals surface area contributed by atoms with Crippen LogP contribution in [0, 0.1) is 13.8 Å². The van der Waals surface area contributed by atoms with Crippen LogP contribution in [0.2, 0.25) is 0 Å². The lowest BCUT2D eigenvalue weighted by molar-refractivity contribution is -0.136. The molecule has 3 aromatic carbocycles. The molecule has 1 aliphatic rings. The molecule has 0 spiro atoms. The van der Waals surface area contributed by atoms with Crippen molar-refractivity contribution in [3.05, 3.63) is 94.0 Å². The SMILES string of the molecule is CCN(N)c1cccc(C)c1N.Cc1cc(CCC(=O)O)cc2c1CCN(C(=O)c1ccccc1)C2. The van der Waals surface area contributed by atoms with Crippen molar-refractivity contribution >= 4 is 23.3 Å². The summed E-state index contributed by atoms with van der Waals surface area (Å²) in [5.41, 5.74) is 13.9. The third-order valence-corrected chi connectivity index (χ3v) is 6.50. The Morgan fingerprint density at radius 1 is 1.03 bits per heavy atom. The van der Waals surface area contributed by atoms with Gasteiger partial charge in [-0.15, -0.1) is 0 Å². The number of aryl methyl sites for hydroxylation is 3. The van der Waals surface area contributed by atoms with E-state index >= 15 is 0 Å². The van der Waals surface area contributed by atoms with Crippen molar-refractivity contribution in [2.75, 3.05) is 23.8 Å². The Balaban J connectivity index is 0.000000253. The number of anilines is 2. The van der Waals surface area contributed by atoms with Crippen LogP contribution in [0.4, 0.5) is 11.4 Å². The van der Waals surface area contributed by atoms with Gasteiger partial charge in [-0.1, -0.05) is 42.5 Å². The molecule has 5 N–H and O–H groups in total. The highest BCUT2D eigenvalue weighted by molar-refractivity contribution is 5.94. The number of amides is 1. The number of hydrogen-bond acceptors (Lipinski definition) is 5. The number of benzene rings is 3. The van der Waals surface area contributed by atoms with Crippen LogP contribution in [0.5, 0.6) is 0 Å². The van der Waals surface area contributed by atoms with Crippen LogP contribution in [0.3, 0.4) is 0 Å². The minimum atomic E-state index is -0.786. The number of fused-ring (bicyclic) bond motifs is 1. The van der Waals surface area contributed by atoms with Crippen LogP contribution in [0.25, 0.3) is 0 Å². The van der Waals surface area contributed by atoms with Crippen molar-refractivity contribution < 1.29 is 14.7 Å². The van der Waals surface area contributed by atoms with E-state index in [9.17, 15) is 9.59 Å². The zero-order valence-electron chi connectivity index (χ0n) is 21.3. The number of carboxylic acids is 1. The predicted molar refractivity (Wildman–Crippen MR) is 145 cm³/mol. The van der Waals surface area contributed by atoms with Gasteiger partial charge in [0.05, 0.1) is 11.4 Å². The van der Waals surface area contributed by atoms with Crippen LogP contribution in [0.1, 0.15) is 51.5 Å². The van der Waals surface area contributed by atoms with Crippen molar-refractivity contribution in [2.24, 2.45) is 5.84 Å². The average Bonchev–Trinajstić information content (AvgIpc) is 2.88. The summed E-state index contributed by atoms with van der Waals surface area (Å²) >= 11 is 0. The third-order valence-electron chi connectivity index (χ3n) is 6.50. The number of hydrazine groups is 1. The van der Waals surface area contributed by atoms with Crippen LogP contribution in [0.15, 0.2) is 60.7 Å². The first-order valence-corrected chi connectivity index (χ1v) is 12.3. The second kappa shape index (κ2) is 12.2. The first-order chi connectivity index (χ1) is 17.2. The van der Waals surface area contributed by atoms with Crippen molar-refractivity contribution in [3.8, 4) is 0 Å². The van der Waals surface area contributed by atoms with Gasteiger partial charge in [-0.05, 0) is 79.6 Å². The number of rotatable bonds is 6. The summed E-state index contributed by atoms with van der Waals surface area (Å²) in [6.07, 6.45) is 1.50. The maximum absolute atomic E-state index is 12.6. The molecular formula is C29H36N4O3. The van der Waals surface area contributed by atoms with Crippen molar-refractivity contribution in [1.29, 1.82) is 0 Å². The molecule has 0 bridgehead atoms. The second-order valence-electron chi connectivity index (χ2n) is 9.08. The smallest absolute Gasteiger partial charge is 0.303 e. The molecule has 0 fully saturated rings. The van der Waals surface area contributed by atoms with Gasteiger partial charge in [0.25, 0.3) is 5.91 Å². The summed E-state index contributed by atoms with van der Waals surface area (Å²) in [6, 6.07) is 19.3. The van der Waals surface area contributed by atoms with Gasteiger partial charge >= 0.3 is 5.97 Å². The Bertz CT molecular complexity index is 1210. The van der Waals surface area contributed by atoms with Crippen molar-refractivity contribution in [1.82, 2.24) is 4.90 Å². The zero-order valence-corrected chi connectivity index (χ0v) is 21.3. The van der Waals surface area contributed by atoms with Gasteiger partial charge in [0.15, 0.2) is 0 Å². The van der Waals surface area contributed by atoms with Gasteiger partial charge in [-0.2, -0.15) is 0 Å². The molecule has 3 aromatic rings. The third kappa shape index (κ3) is 6.64. The fraction of sp³-hybridized carbons (Fsp3) is 0.310. The van der Waals surface area contributed by atoms with Gasteiger partial charge in [-0.25, -0.2) is 5.84 Å². The molecule has 1 aliphatic heterocycles. The number of hydrogen-bond donors (Lipinski definition) is 3. The molecule has 0 atom stereocenters. The number of carboxylic acid groups (broad SMARTS) is 1. The van der Waals surface area contributed by atoms with E-state index in [0.29, 0.717) is 18.5 Å². The lowest BCUT2D eigenvalue weighted by Gasteiger charge is -2.30. The number of carbonyl (C=O) groups is 2. The average molecular weight is 489 g/mol. The standard InChI is InChI=1S/C20H21NO3.C9H15N3/c1-14-11-15(7-8-19(22)23)12-17-13-21(10-9-18(14)17)20(24)16-5-3-2-4-6-16;1-3-12(11)8-6-4-5-7(2)9(8)10/h2-6,11-12H,7-10,13H2,1H3,(H,22,23);4-6H,3,10-11H2,1-2H3. The van der Waals surface area contributed by atoms with Crippen LogP contribution in [-0.4, -0.2) is 35.0 Å². The number of nitrogens with two attached hydrogens (primary N) is 2. The van der Waals surface area contributed by atoms with Crippen LogP contribution < -0.4 is 16.6 Å². The first-order valence-electron chi connectivity index (χ1n) is 12.3. The molecular weight excluding hydrogens is 452 g/mol. The van der Waals surface area contributed by atoms with Crippen LogP contribution in [-0.2, 0) is 24.2 Å². The fourth-order valence-corrected chi connectivity index (χ4v) is 4.42. The molecule has 36 heavy (non-hydrogen) atoms. The highest BCUT2D eigenvalue weighted by Crippen LogP contribution is 2.26. The van der Waals surface area contributed by atoms with E-state index in [-0.39, 0.29) is 12.3 Å². The summed E-state index contributed by atoms with van der Waals surface area (Å²) in [6.45, 7) is 8.09. The molecule has 0 aromatic heterocycles. The Hall–Kier alpha value is -3.84. The quantitative estimate of drug-likeness (QED) is 0.268. The van der Waals surface area contributed by atoms with E-state index in [1.807, 2.05) is 67.3 Å². The lowest BCUT2D eigenvalue weighted by atomic mass is 9.91. The van der Waals surface area contributed by atoms with E-state index in [4.69, 9.17) is 16.7 Å². The lowest BCUT2D eigenvalue weighted by Crippen LogP contribution is -2.36. The van der Waals surface area contributed by atoms with E-state index in [0.717, 1.165) is 47.6 Å². The van der Waals surface area contributed by atoms with Crippen molar-refractivity contribution in [3.63, 3.8) is 0 Å². The molecule has 7 nitrogen and oxygen atoms in total. The van der Waals surface area contributed by atoms with E-state index in [1.165, 1.54) is 11.1 Å². The number of nitrogen functional groups attached to an aromatic ring is 1. The summed E-state index contributed by atoms with van der Waals surface area (Å²) in [5.74, 6) is 4.98. The summed E-state index contributed by atoms with van der Waals surface area (Å²) in [7, 11) is 0. The molecule has 0 aliphatic carbocycles. The fourth-order valence-electron chi connectivity index (χ4n) is 4.42. The monoisotopic (exact) mass is 488 g/mol. The molecule has 1 heterocycles. The molecule has 4 rings (SSSR count). The number of para-hydroxylation sites is 1. The highest BCUT2D eigenvalue weighted by Gasteiger charge is 2.23. The summed E-state index contributed by atoms with van der Waals surface area (Å²) < 4.78 is 0. The number of nitrogens with zero attached hydrogens (tertiary/aromatic N) is 2. The molecule has 0 saturated carbocycles. The molecule has 0 saturated heterocycles. The van der Waals surface area contributed by atoms with E-state index in [1.54, 1.807) is 5.01 Å². The molecule has 1 amide bonds. The molecule has 0 radical (unpaired) electrons. The van der Waals surface area contributed by atoms with E-state index in [2.05, 4.69) is 19.1 Å². The maximum Gasteiger partial charge on any atom is 0.303 e. The Morgan fingerprint density at radius 2 is 1.75 bits per heavy atom. The number of carbonyl (C=O) groups excluding carboxylic acids is 1. The normalized spacial score (nSPS) is 12.3. The topological polar surface area (TPSA) is 113 Å². The Labute approximate surface area is 213 Å². The minimum Gasteiger partial charge on any atom is -0.481 e. The summed E-state index contributed by atoms with van der Waals surface area (Å²) in [5, 5.41) is 10.5. The number of aliphatic carboxylic acids is 1. The van der Waals surface area contributed by atoms with Crippen LogP contribution >= 0.6 is 0 Å². The molecule has 7 heteroatoms. The largest absolute Gasteiger partial charge is 0.481 e. The highest BCUT2D eigenvalue weighted by atomic mass is 16.4. The second-order valence-corrected chi connectivity index (χ2v) is 9.08. The molecule has 190 valence electrons. The predicted octanol–water partition coefficient (Wildman–Crippen LogP) is 4.49. The van der Waals surface area contributed by atoms with Gasteiger partial charge < -0.3 is 20.7 Å². The van der Waals surface area contributed by atoms with Gasteiger partial charge in [0, 0.05) is 31.6 Å². The minimum absolute atomic E-state index is 0.0508. The Kier molecular flexibility index (Phi) is 9.08. The van der Waals surface area contributed by atoms with Gasteiger partial charge in [-0.3, -0.25) is 9.59 Å². The molecule has 0 unspecified atom stereocenters. The van der Waals surface area contributed by atoms with Gasteiger partial charge in [0.2, 0.25) is 0 Å². The van der Waals surface area contributed by atoms with E-state index < -0.39 is 5.97 Å². The zero-order chi connectivity index (χ0) is 26.2. The maximum atomic E-state index is 12.6.